The molecule has 0 spiro atoms. The molecule has 9 heteroatoms. The second-order valence-corrected chi connectivity index (χ2v) is 9.19. The molecule has 29 heavy (non-hydrogen) atoms. The van der Waals surface area contributed by atoms with Crippen LogP contribution >= 0.6 is 0 Å². The van der Waals surface area contributed by atoms with Crippen molar-refractivity contribution < 1.29 is 22.5 Å². The Bertz CT molecular complexity index is 1170. The zero-order valence-corrected chi connectivity index (χ0v) is 16.2. The Morgan fingerprint density at radius 2 is 1.93 bits per heavy atom. The Balaban J connectivity index is 1.43. The van der Waals surface area contributed by atoms with Crippen LogP contribution in [0.4, 0.5) is 0 Å². The molecule has 1 aliphatic rings. The van der Waals surface area contributed by atoms with Gasteiger partial charge in [-0.1, -0.05) is 35.5 Å². The summed E-state index contributed by atoms with van der Waals surface area (Å²) in [6, 6.07) is 14.0. The molecule has 4 rings (SSSR count). The number of amides is 2. The first-order valence-corrected chi connectivity index (χ1v) is 11.0. The van der Waals surface area contributed by atoms with Crippen molar-refractivity contribution in [3.05, 3.63) is 54.1 Å². The van der Waals surface area contributed by atoms with E-state index in [0.29, 0.717) is 28.6 Å². The average molecular weight is 413 g/mol. The van der Waals surface area contributed by atoms with Crippen LogP contribution in [0.2, 0.25) is 0 Å². The molecule has 2 heterocycles. The number of hydrogen-bond donors (Lipinski definition) is 2. The largest absolute Gasteiger partial charge is 0.355 e. The van der Waals surface area contributed by atoms with Gasteiger partial charge in [0.25, 0.3) is 5.91 Å². The van der Waals surface area contributed by atoms with Gasteiger partial charge in [0.15, 0.2) is 15.6 Å². The van der Waals surface area contributed by atoms with E-state index in [1.807, 2.05) is 30.3 Å². The number of aromatic nitrogens is 1. The van der Waals surface area contributed by atoms with Crippen molar-refractivity contribution in [3.63, 3.8) is 0 Å². The van der Waals surface area contributed by atoms with Crippen molar-refractivity contribution in [2.45, 2.75) is 12.5 Å². The molecular formula is C20H19N3O5S. The molecular weight excluding hydrogens is 394 g/mol. The van der Waals surface area contributed by atoms with E-state index in [2.05, 4.69) is 15.8 Å². The normalized spacial score (nSPS) is 17.9. The molecule has 0 saturated carbocycles. The molecule has 0 bridgehead atoms. The monoisotopic (exact) mass is 413 g/mol. The molecule has 3 aromatic rings. The highest BCUT2D eigenvalue weighted by atomic mass is 32.2. The summed E-state index contributed by atoms with van der Waals surface area (Å²) in [5, 5.41) is 9.92. The van der Waals surface area contributed by atoms with E-state index < -0.39 is 27.7 Å². The lowest BCUT2D eigenvalue weighted by Crippen LogP contribution is -2.42. The fourth-order valence-corrected chi connectivity index (χ4v) is 5.00. The minimum Gasteiger partial charge on any atom is -0.355 e. The molecule has 8 nitrogen and oxygen atoms in total. The van der Waals surface area contributed by atoms with Gasteiger partial charge in [0.2, 0.25) is 5.91 Å². The van der Waals surface area contributed by atoms with Crippen molar-refractivity contribution in [1.29, 1.82) is 0 Å². The van der Waals surface area contributed by atoms with E-state index in [1.165, 1.54) is 0 Å². The molecule has 2 aromatic carbocycles. The quantitative estimate of drug-likeness (QED) is 0.655. The second-order valence-electron chi connectivity index (χ2n) is 6.96. The van der Waals surface area contributed by atoms with Crippen molar-refractivity contribution >= 4 is 32.6 Å². The van der Waals surface area contributed by atoms with E-state index in [1.54, 1.807) is 18.2 Å². The molecule has 0 unspecified atom stereocenters. The number of nitrogens with one attached hydrogen (secondary N) is 2. The molecule has 1 aliphatic heterocycles. The third kappa shape index (κ3) is 4.29. The van der Waals surface area contributed by atoms with Crippen LogP contribution in [0.5, 0.6) is 0 Å². The molecule has 150 valence electrons. The number of carbonyl (C=O) groups excluding carboxylic acids is 2. The first kappa shape index (κ1) is 19.1. The van der Waals surface area contributed by atoms with Crippen molar-refractivity contribution in [3.8, 4) is 11.3 Å². The van der Waals surface area contributed by atoms with E-state index in [9.17, 15) is 18.0 Å². The van der Waals surface area contributed by atoms with E-state index in [4.69, 9.17) is 4.52 Å². The van der Waals surface area contributed by atoms with Gasteiger partial charge in [-0.15, -0.1) is 0 Å². The van der Waals surface area contributed by atoms with Gasteiger partial charge in [-0.2, -0.15) is 0 Å². The number of sulfone groups is 1. The zero-order valence-electron chi connectivity index (χ0n) is 15.4. The summed E-state index contributed by atoms with van der Waals surface area (Å²) < 4.78 is 28.3. The minimum absolute atomic E-state index is 0.0564. The Morgan fingerprint density at radius 3 is 2.66 bits per heavy atom. The molecule has 1 fully saturated rings. The molecule has 0 aliphatic carbocycles. The number of benzene rings is 2. The summed E-state index contributed by atoms with van der Waals surface area (Å²) in [4.78, 5) is 24.5. The van der Waals surface area contributed by atoms with E-state index in [-0.39, 0.29) is 18.1 Å². The maximum absolute atomic E-state index is 12.5. The van der Waals surface area contributed by atoms with Gasteiger partial charge in [0, 0.05) is 17.2 Å². The Labute approximate surface area is 167 Å². The van der Waals surface area contributed by atoms with Crippen LogP contribution < -0.4 is 10.6 Å². The highest BCUT2D eigenvalue weighted by Gasteiger charge is 2.28. The number of nitrogens with zero attached hydrogens (tertiary/aromatic N) is 1. The van der Waals surface area contributed by atoms with Crippen molar-refractivity contribution in [2.75, 3.05) is 18.1 Å². The smallest absolute Gasteiger partial charge is 0.251 e. The highest BCUT2D eigenvalue weighted by Crippen LogP contribution is 2.29. The number of hydrogen-bond acceptors (Lipinski definition) is 6. The summed E-state index contributed by atoms with van der Waals surface area (Å²) in [5.41, 5.74) is 1.84. The molecule has 1 atom stereocenters. The van der Waals surface area contributed by atoms with Crippen LogP contribution in [0.25, 0.3) is 22.2 Å². The standard InChI is InChI=1S/C20H19N3O5S/c24-18(22-15-8-9-29(26,27)12-15)11-21-20(25)14-6-7-17-16(10-14)19(28-23-17)13-4-2-1-3-5-13/h1-7,10,15H,8-9,11-12H2,(H,21,25)(H,22,24)/t15-/m0/s1. The Morgan fingerprint density at radius 1 is 1.14 bits per heavy atom. The lowest BCUT2D eigenvalue weighted by atomic mass is 10.1. The van der Waals surface area contributed by atoms with Crippen LogP contribution in [0.3, 0.4) is 0 Å². The molecule has 0 radical (unpaired) electrons. The zero-order chi connectivity index (χ0) is 20.4. The van der Waals surface area contributed by atoms with E-state index in [0.717, 1.165) is 5.56 Å². The van der Waals surface area contributed by atoms with Crippen molar-refractivity contribution in [2.24, 2.45) is 0 Å². The predicted molar refractivity (Wildman–Crippen MR) is 107 cm³/mol. The molecule has 2 amide bonds. The number of carbonyl (C=O) groups is 2. The summed E-state index contributed by atoms with van der Waals surface area (Å²) in [6.45, 7) is -0.234. The number of fused-ring (bicyclic) bond motifs is 1. The third-order valence-electron chi connectivity index (χ3n) is 4.78. The highest BCUT2D eigenvalue weighted by molar-refractivity contribution is 7.91. The second kappa shape index (κ2) is 7.67. The average Bonchev–Trinajstić information content (AvgIpc) is 3.28. The van der Waals surface area contributed by atoms with Gasteiger partial charge in [0.05, 0.1) is 23.4 Å². The van der Waals surface area contributed by atoms with Crippen molar-refractivity contribution in [1.82, 2.24) is 15.8 Å². The summed E-state index contributed by atoms with van der Waals surface area (Å²) >= 11 is 0. The van der Waals surface area contributed by atoms with Gasteiger partial charge >= 0.3 is 0 Å². The maximum Gasteiger partial charge on any atom is 0.251 e. The topological polar surface area (TPSA) is 118 Å². The fourth-order valence-electron chi connectivity index (χ4n) is 3.33. The predicted octanol–water partition coefficient (Wildman–Crippen LogP) is 1.53. The Kier molecular flexibility index (Phi) is 5.06. The fraction of sp³-hybridized carbons (Fsp3) is 0.250. The summed E-state index contributed by atoms with van der Waals surface area (Å²) in [6.07, 6.45) is 0.397. The molecule has 1 saturated heterocycles. The summed E-state index contributed by atoms with van der Waals surface area (Å²) in [5.74, 6) is -0.250. The lowest BCUT2D eigenvalue weighted by molar-refractivity contribution is -0.120. The van der Waals surface area contributed by atoms with Crippen LogP contribution in [0.1, 0.15) is 16.8 Å². The van der Waals surface area contributed by atoms with Gasteiger partial charge < -0.3 is 15.2 Å². The molecule has 2 N–H and O–H groups in total. The van der Waals surface area contributed by atoms with Gasteiger partial charge in [-0.25, -0.2) is 8.42 Å². The van der Waals surface area contributed by atoms with Gasteiger partial charge in [-0.05, 0) is 24.6 Å². The van der Waals surface area contributed by atoms with Crippen LogP contribution in [-0.2, 0) is 14.6 Å². The lowest BCUT2D eigenvalue weighted by Gasteiger charge is -2.11. The minimum atomic E-state index is -3.07. The van der Waals surface area contributed by atoms with Crippen LogP contribution in [0, 0.1) is 0 Å². The first-order chi connectivity index (χ1) is 13.9. The number of rotatable bonds is 5. The maximum atomic E-state index is 12.5. The third-order valence-corrected chi connectivity index (χ3v) is 6.55. The molecule has 1 aromatic heterocycles. The SMILES string of the molecule is O=C(CNC(=O)c1ccc2noc(-c3ccccc3)c2c1)N[C@H]1CCS(=O)(=O)C1. The van der Waals surface area contributed by atoms with Crippen LogP contribution in [0.15, 0.2) is 53.1 Å². The van der Waals surface area contributed by atoms with Gasteiger partial charge in [-0.3, -0.25) is 9.59 Å². The van der Waals surface area contributed by atoms with Crippen LogP contribution in [-0.4, -0.2) is 49.5 Å². The Hall–Kier alpha value is -3.20. The van der Waals surface area contributed by atoms with Gasteiger partial charge in [0.1, 0.15) is 5.52 Å². The first-order valence-electron chi connectivity index (χ1n) is 9.14. The van der Waals surface area contributed by atoms with E-state index >= 15 is 0 Å². The summed E-state index contributed by atoms with van der Waals surface area (Å²) in [7, 11) is -3.07.